The maximum absolute atomic E-state index is 10.7. The van der Waals surface area contributed by atoms with Gasteiger partial charge >= 0.3 is 11.9 Å². The van der Waals surface area contributed by atoms with Crippen molar-refractivity contribution in [3.05, 3.63) is 47.5 Å². The standard InChI is InChI=1S/C12H8O4.Mg/c13-11(14)9-3-1-7-5-10(12(15)16)4-2-8(7)6-9;/h1-6H,(H,13,14)(H,15,16);. The van der Waals surface area contributed by atoms with E-state index in [1.54, 1.807) is 12.1 Å². The van der Waals surface area contributed by atoms with Gasteiger partial charge in [-0.25, -0.2) is 9.59 Å². The van der Waals surface area contributed by atoms with Crippen LogP contribution >= 0.6 is 0 Å². The topological polar surface area (TPSA) is 74.6 Å². The van der Waals surface area contributed by atoms with Crippen LogP contribution in [0, 0.1) is 0 Å². The highest BCUT2D eigenvalue weighted by molar-refractivity contribution is 5.97. The summed E-state index contributed by atoms with van der Waals surface area (Å²) in [5, 5.41) is 19.0. The lowest BCUT2D eigenvalue weighted by Gasteiger charge is -2.01. The first-order chi connectivity index (χ1) is 7.58. The Morgan fingerprint density at radius 3 is 1.41 bits per heavy atom. The van der Waals surface area contributed by atoms with Gasteiger partial charge in [0.15, 0.2) is 0 Å². The Kier molecular flexibility index (Phi) is 4.09. The molecule has 0 aromatic heterocycles. The zero-order valence-corrected chi connectivity index (χ0v) is 10.3. The number of carboxylic acids is 2. The number of rotatable bonds is 2. The summed E-state index contributed by atoms with van der Waals surface area (Å²) < 4.78 is 0. The molecule has 0 saturated heterocycles. The molecule has 82 valence electrons. The summed E-state index contributed by atoms with van der Waals surface area (Å²) in [6.07, 6.45) is 0. The van der Waals surface area contributed by atoms with E-state index in [4.69, 9.17) is 10.2 Å². The Morgan fingerprint density at radius 1 is 0.765 bits per heavy atom. The molecule has 0 aliphatic rings. The number of hydrogen-bond acceptors (Lipinski definition) is 2. The second kappa shape index (κ2) is 5.16. The Hall–Kier alpha value is -1.59. The van der Waals surface area contributed by atoms with Gasteiger partial charge in [-0.05, 0) is 35.0 Å². The lowest BCUT2D eigenvalue weighted by molar-refractivity contribution is 0.0686. The van der Waals surface area contributed by atoms with E-state index in [1.165, 1.54) is 24.3 Å². The normalized spacial score (nSPS) is 9.65. The molecule has 0 bridgehead atoms. The van der Waals surface area contributed by atoms with Gasteiger partial charge in [-0.15, -0.1) is 0 Å². The molecule has 2 radical (unpaired) electrons. The van der Waals surface area contributed by atoms with Crippen molar-refractivity contribution in [2.24, 2.45) is 0 Å². The lowest BCUT2D eigenvalue weighted by atomic mass is 10.0. The molecular weight excluding hydrogens is 232 g/mol. The van der Waals surface area contributed by atoms with Crippen LogP contribution in [-0.2, 0) is 0 Å². The second-order valence-corrected chi connectivity index (χ2v) is 3.39. The fraction of sp³-hybridized carbons (Fsp3) is 0. The molecule has 2 rings (SSSR count). The second-order valence-electron chi connectivity index (χ2n) is 3.39. The summed E-state index contributed by atoms with van der Waals surface area (Å²) in [6.45, 7) is 0. The van der Waals surface area contributed by atoms with Crippen molar-refractivity contribution in [3.63, 3.8) is 0 Å². The summed E-state index contributed by atoms with van der Waals surface area (Å²) in [5.74, 6) is -1.99. The van der Waals surface area contributed by atoms with Crippen LogP contribution in [0.25, 0.3) is 10.8 Å². The predicted octanol–water partition coefficient (Wildman–Crippen LogP) is 1.86. The highest BCUT2D eigenvalue weighted by Gasteiger charge is 2.06. The fourth-order valence-electron chi connectivity index (χ4n) is 1.51. The molecule has 0 aliphatic heterocycles. The first-order valence-corrected chi connectivity index (χ1v) is 4.58. The molecule has 4 nitrogen and oxygen atoms in total. The molecule has 0 unspecified atom stereocenters. The average molecular weight is 240 g/mol. The van der Waals surface area contributed by atoms with Crippen molar-refractivity contribution in [3.8, 4) is 0 Å². The molecule has 2 aromatic rings. The molecule has 2 N–H and O–H groups in total. The van der Waals surface area contributed by atoms with Crippen LogP contribution in [0.1, 0.15) is 20.7 Å². The Balaban J connectivity index is 0.00000144. The quantitative estimate of drug-likeness (QED) is 0.786. The largest absolute Gasteiger partial charge is 0.478 e. The molecule has 5 heteroatoms. The molecule has 0 aliphatic carbocycles. The van der Waals surface area contributed by atoms with Crippen molar-refractivity contribution in [2.75, 3.05) is 0 Å². The molecule has 0 spiro atoms. The van der Waals surface area contributed by atoms with Crippen LogP contribution in [0.15, 0.2) is 36.4 Å². The summed E-state index contributed by atoms with van der Waals surface area (Å²) in [7, 11) is 0. The monoisotopic (exact) mass is 240 g/mol. The smallest absolute Gasteiger partial charge is 0.335 e. The predicted molar refractivity (Wildman–Crippen MR) is 63.6 cm³/mol. The highest BCUT2D eigenvalue weighted by atomic mass is 24.3. The zero-order valence-electron chi connectivity index (χ0n) is 8.88. The highest BCUT2D eigenvalue weighted by Crippen LogP contribution is 2.18. The number of carboxylic acid groups (broad SMARTS) is 2. The summed E-state index contributed by atoms with van der Waals surface area (Å²) in [6, 6.07) is 9.15. The van der Waals surface area contributed by atoms with Crippen LogP contribution in [0.3, 0.4) is 0 Å². The van der Waals surface area contributed by atoms with Crippen molar-refractivity contribution < 1.29 is 19.8 Å². The maximum Gasteiger partial charge on any atom is 0.335 e. The summed E-state index contributed by atoms with van der Waals surface area (Å²) in [5.41, 5.74) is 0.381. The van der Waals surface area contributed by atoms with E-state index < -0.39 is 11.9 Å². The molecule has 0 atom stereocenters. The Morgan fingerprint density at radius 2 is 1.12 bits per heavy atom. The molecular formula is C12H8MgO4. The van der Waals surface area contributed by atoms with Crippen LogP contribution in [-0.4, -0.2) is 45.2 Å². The van der Waals surface area contributed by atoms with Gasteiger partial charge in [0.05, 0.1) is 11.1 Å². The van der Waals surface area contributed by atoms with Gasteiger partial charge in [-0.2, -0.15) is 0 Å². The number of benzene rings is 2. The van der Waals surface area contributed by atoms with Gasteiger partial charge < -0.3 is 10.2 Å². The molecule has 0 fully saturated rings. The third-order valence-electron chi connectivity index (χ3n) is 2.33. The van der Waals surface area contributed by atoms with Crippen LogP contribution in [0.4, 0.5) is 0 Å². The van der Waals surface area contributed by atoms with Gasteiger partial charge in [0.1, 0.15) is 0 Å². The van der Waals surface area contributed by atoms with Gasteiger partial charge in [0.25, 0.3) is 0 Å². The molecule has 17 heavy (non-hydrogen) atoms. The number of fused-ring (bicyclic) bond motifs is 1. The molecule has 0 heterocycles. The minimum Gasteiger partial charge on any atom is -0.478 e. The SMILES string of the molecule is O=C(O)c1ccc2cc(C(=O)O)ccc2c1.[Mg]. The zero-order chi connectivity index (χ0) is 11.7. The minimum absolute atomic E-state index is 0. The van der Waals surface area contributed by atoms with Crippen LogP contribution in [0.2, 0.25) is 0 Å². The van der Waals surface area contributed by atoms with Gasteiger partial charge in [-0.1, -0.05) is 12.1 Å². The summed E-state index contributed by atoms with van der Waals surface area (Å²) >= 11 is 0. The third-order valence-corrected chi connectivity index (χ3v) is 2.33. The molecule has 0 amide bonds. The van der Waals surface area contributed by atoms with E-state index in [0.717, 1.165) is 0 Å². The Bertz CT molecular complexity index is 539. The number of hydrogen-bond donors (Lipinski definition) is 2. The summed E-state index contributed by atoms with van der Waals surface area (Å²) in [4.78, 5) is 21.5. The van der Waals surface area contributed by atoms with Crippen molar-refractivity contribution in [2.45, 2.75) is 0 Å². The van der Waals surface area contributed by atoms with E-state index in [1.807, 2.05) is 0 Å². The van der Waals surface area contributed by atoms with E-state index >= 15 is 0 Å². The fourth-order valence-corrected chi connectivity index (χ4v) is 1.51. The van der Waals surface area contributed by atoms with Gasteiger partial charge in [-0.3, -0.25) is 0 Å². The lowest BCUT2D eigenvalue weighted by Crippen LogP contribution is -1.97. The minimum atomic E-state index is -0.996. The van der Waals surface area contributed by atoms with Crippen LogP contribution in [0.5, 0.6) is 0 Å². The number of carbonyl (C=O) groups is 2. The van der Waals surface area contributed by atoms with Gasteiger partial charge in [0, 0.05) is 23.1 Å². The molecule has 0 saturated carbocycles. The molecule has 2 aromatic carbocycles. The number of aromatic carboxylic acids is 2. The average Bonchev–Trinajstić information content (AvgIpc) is 2.27. The van der Waals surface area contributed by atoms with Crippen molar-refractivity contribution in [1.82, 2.24) is 0 Å². The first kappa shape index (κ1) is 13.5. The van der Waals surface area contributed by atoms with Gasteiger partial charge in [0.2, 0.25) is 0 Å². The third kappa shape index (κ3) is 2.75. The van der Waals surface area contributed by atoms with E-state index in [9.17, 15) is 9.59 Å². The maximum atomic E-state index is 10.7. The van der Waals surface area contributed by atoms with E-state index in [0.29, 0.717) is 10.8 Å². The van der Waals surface area contributed by atoms with Crippen LogP contribution < -0.4 is 0 Å². The van der Waals surface area contributed by atoms with E-state index in [2.05, 4.69) is 0 Å². The van der Waals surface area contributed by atoms with Crippen molar-refractivity contribution in [1.29, 1.82) is 0 Å². The first-order valence-electron chi connectivity index (χ1n) is 4.58. The van der Waals surface area contributed by atoms with Crippen molar-refractivity contribution >= 4 is 45.8 Å². The van der Waals surface area contributed by atoms with E-state index in [-0.39, 0.29) is 34.2 Å². The Labute approximate surface area is 113 Å².